The molecule has 0 radical (unpaired) electrons. The van der Waals surface area contributed by atoms with Crippen molar-refractivity contribution in [2.24, 2.45) is 5.92 Å². The molecule has 1 aliphatic heterocycles. The van der Waals surface area contributed by atoms with E-state index >= 15 is 0 Å². The van der Waals surface area contributed by atoms with Gasteiger partial charge in [-0.2, -0.15) is 0 Å². The van der Waals surface area contributed by atoms with Crippen LogP contribution in [0.4, 0.5) is 10.3 Å². The lowest BCUT2D eigenvalue weighted by Crippen LogP contribution is -2.40. The second-order valence-corrected chi connectivity index (χ2v) is 7.62. The minimum Gasteiger partial charge on any atom is -0.347 e. The number of piperidine rings is 1. The van der Waals surface area contributed by atoms with Gasteiger partial charge < -0.3 is 9.80 Å². The summed E-state index contributed by atoms with van der Waals surface area (Å²) < 4.78 is 13.3. The maximum atomic E-state index is 13.3. The molecule has 0 spiro atoms. The van der Waals surface area contributed by atoms with Gasteiger partial charge in [-0.25, -0.2) is 14.4 Å². The Morgan fingerprint density at radius 3 is 2.37 bits per heavy atom. The van der Waals surface area contributed by atoms with E-state index in [0.717, 1.165) is 42.8 Å². The molecule has 0 bridgehead atoms. The molecule has 0 atom stereocenters. The fraction of sp³-hybridized carbons (Fsp3) is 0.476. The minimum atomic E-state index is -0.258. The Kier molecular flexibility index (Phi) is 5.73. The summed E-state index contributed by atoms with van der Waals surface area (Å²) in [5.74, 6) is 0.894. The van der Waals surface area contributed by atoms with Gasteiger partial charge in [0.2, 0.25) is 11.9 Å². The first-order valence-corrected chi connectivity index (χ1v) is 9.45. The van der Waals surface area contributed by atoms with Gasteiger partial charge in [-0.15, -0.1) is 0 Å². The summed E-state index contributed by atoms with van der Waals surface area (Å²) in [7, 11) is 3.83. The predicted molar refractivity (Wildman–Crippen MR) is 105 cm³/mol. The monoisotopic (exact) mass is 370 g/mol. The number of aromatic nitrogens is 2. The van der Waals surface area contributed by atoms with E-state index in [4.69, 9.17) is 4.98 Å². The molecule has 0 N–H and O–H groups in total. The quantitative estimate of drug-likeness (QED) is 0.823. The van der Waals surface area contributed by atoms with Crippen LogP contribution in [0.3, 0.4) is 0 Å². The largest absolute Gasteiger partial charge is 0.347 e. The average Bonchev–Trinajstić information content (AvgIpc) is 2.67. The summed E-state index contributed by atoms with van der Waals surface area (Å²) >= 11 is 0. The number of carbonyl (C=O) groups excluding carboxylic acids is 1. The van der Waals surface area contributed by atoms with E-state index in [1.165, 1.54) is 12.1 Å². The van der Waals surface area contributed by atoms with Crippen molar-refractivity contribution < 1.29 is 9.18 Å². The molecule has 27 heavy (non-hydrogen) atoms. The Bertz CT molecular complexity index is 796. The third-order valence-corrected chi connectivity index (χ3v) is 5.05. The fourth-order valence-corrected chi connectivity index (χ4v) is 3.50. The molecule has 0 unspecified atom stereocenters. The van der Waals surface area contributed by atoms with Crippen LogP contribution in [0.2, 0.25) is 0 Å². The summed E-state index contributed by atoms with van der Waals surface area (Å²) in [4.78, 5) is 25.4. The van der Waals surface area contributed by atoms with Gasteiger partial charge in [-0.1, -0.05) is 26.0 Å². The van der Waals surface area contributed by atoms with Crippen molar-refractivity contribution in [1.29, 1.82) is 0 Å². The highest BCUT2D eigenvalue weighted by Gasteiger charge is 2.28. The van der Waals surface area contributed by atoms with E-state index in [-0.39, 0.29) is 23.6 Å². The number of halogens is 1. The molecule has 1 aromatic carbocycles. The number of amides is 1. The molecule has 1 fully saturated rings. The number of rotatable bonds is 4. The standard InChI is InChI=1S/C21H27FN4O/c1-14(2)20(27)26-11-9-16(10-12-26)19-18(13-23-21(24-19)25(3)4)15-5-7-17(22)8-6-15/h5-8,13-14,16H,9-12H2,1-4H3. The lowest BCUT2D eigenvalue weighted by Gasteiger charge is -2.33. The number of anilines is 1. The van der Waals surface area contributed by atoms with Crippen molar-refractivity contribution in [2.45, 2.75) is 32.6 Å². The van der Waals surface area contributed by atoms with Crippen LogP contribution in [0.1, 0.15) is 38.3 Å². The SMILES string of the molecule is CC(C)C(=O)N1CCC(c2nc(N(C)C)ncc2-c2ccc(F)cc2)CC1. The first-order valence-electron chi connectivity index (χ1n) is 9.45. The van der Waals surface area contributed by atoms with Crippen molar-refractivity contribution >= 4 is 11.9 Å². The molecule has 0 aliphatic carbocycles. The third kappa shape index (κ3) is 4.26. The van der Waals surface area contributed by atoms with Crippen molar-refractivity contribution in [3.63, 3.8) is 0 Å². The van der Waals surface area contributed by atoms with Gasteiger partial charge in [-0.3, -0.25) is 4.79 Å². The van der Waals surface area contributed by atoms with Gasteiger partial charge in [0.25, 0.3) is 0 Å². The number of hydrogen-bond acceptors (Lipinski definition) is 4. The van der Waals surface area contributed by atoms with E-state index < -0.39 is 0 Å². The van der Waals surface area contributed by atoms with Crippen LogP contribution >= 0.6 is 0 Å². The van der Waals surface area contributed by atoms with E-state index in [2.05, 4.69) is 4.98 Å². The molecule has 1 aromatic heterocycles. The molecule has 6 heteroatoms. The summed E-state index contributed by atoms with van der Waals surface area (Å²) in [6.07, 6.45) is 3.57. The summed E-state index contributed by atoms with van der Waals surface area (Å²) in [6.45, 7) is 5.36. The van der Waals surface area contributed by atoms with Crippen molar-refractivity contribution in [2.75, 3.05) is 32.1 Å². The highest BCUT2D eigenvalue weighted by atomic mass is 19.1. The van der Waals surface area contributed by atoms with Gasteiger partial charge in [0.15, 0.2) is 0 Å². The van der Waals surface area contributed by atoms with Crippen LogP contribution < -0.4 is 4.90 Å². The molecular weight excluding hydrogens is 343 g/mol. The average molecular weight is 370 g/mol. The molecule has 0 saturated carbocycles. The number of hydrogen-bond donors (Lipinski definition) is 0. The molecule has 3 rings (SSSR count). The molecule has 144 valence electrons. The zero-order chi connectivity index (χ0) is 19.6. The third-order valence-electron chi connectivity index (χ3n) is 5.05. The molecule has 1 aliphatic rings. The van der Waals surface area contributed by atoms with Crippen LogP contribution in [0.25, 0.3) is 11.1 Å². The Balaban J connectivity index is 1.90. The maximum Gasteiger partial charge on any atom is 0.225 e. The summed E-state index contributed by atoms with van der Waals surface area (Å²) in [6, 6.07) is 6.46. The van der Waals surface area contributed by atoms with Gasteiger partial charge >= 0.3 is 0 Å². The predicted octanol–water partition coefficient (Wildman–Crippen LogP) is 3.71. The van der Waals surface area contributed by atoms with Gasteiger partial charge in [0, 0.05) is 50.8 Å². The summed E-state index contributed by atoms with van der Waals surface area (Å²) in [5.41, 5.74) is 2.84. The lowest BCUT2D eigenvalue weighted by molar-refractivity contribution is -0.135. The number of likely N-dealkylation sites (tertiary alicyclic amines) is 1. The Morgan fingerprint density at radius 2 is 1.81 bits per heavy atom. The highest BCUT2D eigenvalue weighted by molar-refractivity contribution is 5.78. The number of carbonyl (C=O) groups is 1. The van der Waals surface area contributed by atoms with Crippen LogP contribution in [0.5, 0.6) is 0 Å². The van der Waals surface area contributed by atoms with Gasteiger partial charge in [0.05, 0.1) is 5.69 Å². The normalized spacial score (nSPS) is 15.3. The van der Waals surface area contributed by atoms with E-state index in [1.54, 1.807) is 12.1 Å². The van der Waals surface area contributed by atoms with Gasteiger partial charge in [-0.05, 0) is 30.5 Å². The Hall–Kier alpha value is -2.50. The van der Waals surface area contributed by atoms with Crippen molar-refractivity contribution in [1.82, 2.24) is 14.9 Å². The van der Waals surface area contributed by atoms with E-state index in [1.807, 2.05) is 43.9 Å². The molecule has 2 heterocycles. The number of nitrogens with zero attached hydrogens (tertiary/aromatic N) is 4. The van der Waals surface area contributed by atoms with Crippen LogP contribution in [-0.4, -0.2) is 48.0 Å². The second kappa shape index (κ2) is 8.03. The minimum absolute atomic E-state index is 0.0238. The zero-order valence-corrected chi connectivity index (χ0v) is 16.4. The smallest absolute Gasteiger partial charge is 0.225 e. The molecule has 2 aromatic rings. The van der Waals surface area contributed by atoms with Crippen LogP contribution in [-0.2, 0) is 4.79 Å². The summed E-state index contributed by atoms with van der Waals surface area (Å²) in [5, 5.41) is 0. The zero-order valence-electron chi connectivity index (χ0n) is 16.4. The molecule has 1 saturated heterocycles. The fourth-order valence-electron chi connectivity index (χ4n) is 3.50. The second-order valence-electron chi connectivity index (χ2n) is 7.62. The van der Waals surface area contributed by atoms with Crippen molar-refractivity contribution in [3.05, 3.63) is 42.0 Å². The first-order chi connectivity index (χ1) is 12.9. The van der Waals surface area contributed by atoms with Crippen LogP contribution in [0, 0.1) is 11.7 Å². The molecule has 1 amide bonds. The van der Waals surface area contributed by atoms with E-state index in [0.29, 0.717) is 5.95 Å². The Labute approximate surface area is 160 Å². The van der Waals surface area contributed by atoms with Crippen molar-refractivity contribution in [3.8, 4) is 11.1 Å². The van der Waals surface area contributed by atoms with E-state index in [9.17, 15) is 9.18 Å². The maximum absolute atomic E-state index is 13.3. The van der Waals surface area contributed by atoms with Gasteiger partial charge in [0.1, 0.15) is 5.82 Å². The van der Waals surface area contributed by atoms with Crippen LogP contribution in [0.15, 0.2) is 30.5 Å². The number of benzene rings is 1. The highest BCUT2D eigenvalue weighted by Crippen LogP contribution is 2.35. The first kappa shape index (κ1) is 19.3. The lowest BCUT2D eigenvalue weighted by atomic mass is 9.88. The Morgan fingerprint density at radius 1 is 1.19 bits per heavy atom. The molecule has 5 nitrogen and oxygen atoms in total. The topological polar surface area (TPSA) is 49.3 Å². The molecular formula is C21H27FN4O.